The molecule has 0 radical (unpaired) electrons. The molecule has 1 atom stereocenters. The number of benzene rings is 1. The van der Waals surface area contributed by atoms with E-state index in [1.54, 1.807) is 11.3 Å². The normalized spacial score (nSPS) is 18.8. The van der Waals surface area contributed by atoms with E-state index in [9.17, 15) is 0 Å². The maximum atomic E-state index is 6.19. The number of rotatable bonds is 4. The van der Waals surface area contributed by atoms with Gasteiger partial charge in [-0.15, -0.1) is 11.3 Å². The molecule has 1 unspecified atom stereocenters. The molecule has 1 saturated heterocycles. The van der Waals surface area contributed by atoms with E-state index in [-0.39, 0.29) is 0 Å². The molecule has 1 aromatic carbocycles. The van der Waals surface area contributed by atoms with Gasteiger partial charge in [-0.25, -0.2) is 4.98 Å². The van der Waals surface area contributed by atoms with Gasteiger partial charge in [0.25, 0.3) is 0 Å². The highest BCUT2D eigenvalue weighted by atomic mass is 35.5. The Morgan fingerprint density at radius 1 is 1.33 bits per heavy atom. The molecule has 124 valence electrons. The van der Waals surface area contributed by atoms with Crippen LogP contribution in [0.3, 0.4) is 0 Å². The Morgan fingerprint density at radius 2 is 2.29 bits per heavy atom. The first-order valence-electron chi connectivity index (χ1n) is 8.05. The number of aromatic nitrogens is 2. The molecule has 1 aliphatic rings. The summed E-state index contributed by atoms with van der Waals surface area (Å²) in [4.78, 5) is 8.02. The van der Waals surface area contributed by atoms with E-state index in [1.165, 1.54) is 16.1 Å². The SMILES string of the molecule is Clc1cccc(C2CNCCN2Cc2cc(-n3ccnc3)cs2)c1. The van der Waals surface area contributed by atoms with Gasteiger partial charge in [0.05, 0.1) is 12.0 Å². The zero-order valence-corrected chi connectivity index (χ0v) is 14.8. The molecule has 0 saturated carbocycles. The van der Waals surface area contributed by atoms with E-state index in [1.807, 2.05) is 35.4 Å². The Labute approximate surface area is 150 Å². The number of thiophene rings is 1. The van der Waals surface area contributed by atoms with Crippen molar-refractivity contribution in [3.05, 3.63) is 69.9 Å². The van der Waals surface area contributed by atoms with Gasteiger partial charge in [0.1, 0.15) is 0 Å². The van der Waals surface area contributed by atoms with Crippen LogP contribution in [0.4, 0.5) is 0 Å². The quantitative estimate of drug-likeness (QED) is 0.771. The van der Waals surface area contributed by atoms with E-state index in [4.69, 9.17) is 11.6 Å². The lowest BCUT2D eigenvalue weighted by molar-refractivity contribution is 0.155. The van der Waals surface area contributed by atoms with Crippen LogP contribution in [0.1, 0.15) is 16.5 Å². The molecule has 1 fully saturated rings. The molecular weight excluding hydrogens is 340 g/mol. The predicted molar refractivity (Wildman–Crippen MR) is 98.9 cm³/mol. The van der Waals surface area contributed by atoms with Crippen molar-refractivity contribution in [1.82, 2.24) is 19.8 Å². The van der Waals surface area contributed by atoms with Gasteiger partial charge in [-0.2, -0.15) is 0 Å². The molecule has 0 bridgehead atoms. The van der Waals surface area contributed by atoms with E-state index in [0.717, 1.165) is 31.2 Å². The fourth-order valence-corrected chi connectivity index (χ4v) is 4.27. The molecule has 0 aliphatic carbocycles. The number of nitrogens with one attached hydrogen (secondary N) is 1. The second-order valence-electron chi connectivity index (χ2n) is 5.99. The molecule has 6 heteroatoms. The van der Waals surface area contributed by atoms with Crippen LogP contribution in [0.25, 0.3) is 5.69 Å². The molecule has 3 aromatic rings. The Kier molecular flexibility index (Phi) is 4.67. The zero-order chi connectivity index (χ0) is 16.4. The second kappa shape index (κ2) is 7.07. The largest absolute Gasteiger partial charge is 0.314 e. The molecule has 0 amide bonds. The summed E-state index contributed by atoms with van der Waals surface area (Å²) < 4.78 is 2.05. The third-order valence-electron chi connectivity index (χ3n) is 4.39. The van der Waals surface area contributed by atoms with E-state index in [2.05, 4.69) is 38.8 Å². The fourth-order valence-electron chi connectivity index (χ4n) is 3.18. The number of halogens is 1. The summed E-state index contributed by atoms with van der Waals surface area (Å²) in [7, 11) is 0. The molecule has 4 rings (SSSR count). The summed E-state index contributed by atoms with van der Waals surface area (Å²) in [6.07, 6.45) is 5.62. The van der Waals surface area contributed by atoms with E-state index < -0.39 is 0 Å². The van der Waals surface area contributed by atoms with Crippen molar-refractivity contribution in [2.45, 2.75) is 12.6 Å². The minimum absolute atomic E-state index is 0.358. The third-order valence-corrected chi connectivity index (χ3v) is 5.53. The Balaban J connectivity index is 1.53. The summed E-state index contributed by atoms with van der Waals surface area (Å²) in [6.45, 7) is 3.98. The summed E-state index contributed by atoms with van der Waals surface area (Å²) in [5.74, 6) is 0. The van der Waals surface area contributed by atoms with Crippen molar-refractivity contribution in [3.8, 4) is 5.69 Å². The number of imidazole rings is 1. The standard InChI is InChI=1S/C18H19ClN4S/c19-15-3-1-2-14(8-15)18-10-20-4-6-22(18)11-17-9-16(12-24-17)23-7-5-21-13-23/h1-3,5,7-9,12-13,18,20H,4,6,10-11H2. The van der Waals surface area contributed by atoms with E-state index in [0.29, 0.717) is 6.04 Å². The van der Waals surface area contributed by atoms with Crippen molar-refractivity contribution in [1.29, 1.82) is 0 Å². The second-order valence-corrected chi connectivity index (χ2v) is 7.42. The molecule has 24 heavy (non-hydrogen) atoms. The summed E-state index contributed by atoms with van der Waals surface area (Å²) >= 11 is 7.99. The van der Waals surface area contributed by atoms with Gasteiger partial charge in [0.15, 0.2) is 0 Å². The van der Waals surface area contributed by atoms with Gasteiger partial charge in [-0.1, -0.05) is 23.7 Å². The lowest BCUT2D eigenvalue weighted by atomic mass is 10.0. The summed E-state index contributed by atoms with van der Waals surface area (Å²) in [5, 5.41) is 6.49. The molecular formula is C18H19ClN4S. The van der Waals surface area contributed by atoms with Crippen LogP contribution in [-0.4, -0.2) is 34.1 Å². The summed E-state index contributed by atoms with van der Waals surface area (Å²) in [5.41, 5.74) is 2.46. The van der Waals surface area contributed by atoms with Crippen LogP contribution < -0.4 is 5.32 Å². The average Bonchev–Trinajstić information content (AvgIpc) is 3.26. The Bertz CT molecular complexity index is 799. The first-order valence-corrected chi connectivity index (χ1v) is 9.31. The fraction of sp³-hybridized carbons (Fsp3) is 0.278. The maximum Gasteiger partial charge on any atom is 0.0991 e. The van der Waals surface area contributed by atoms with Crippen molar-refractivity contribution >= 4 is 22.9 Å². The molecule has 1 N–H and O–H groups in total. The monoisotopic (exact) mass is 358 g/mol. The van der Waals surface area contributed by atoms with Crippen LogP contribution in [0.5, 0.6) is 0 Å². The first kappa shape index (κ1) is 15.8. The lowest BCUT2D eigenvalue weighted by Gasteiger charge is -2.36. The van der Waals surface area contributed by atoms with Gasteiger partial charge in [-0.05, 0) is 23.8 Å². The van der Waals surface area contributed by atoms with Crippen LogP contribution in [-0.2, 0) is 6.54 Å². The van der Waals surface area contributed by atoms with Gasteiger partial charge in [0.2, 0.25) is 0 Å². The topological polar surface area (TPSA) is 33.1 Å². The number of piperazine rings is 1. The number of nitrogens with zero attached hydrogens (tertiary/aromatic N) is 3. The van der Waals surface area contributed by atoms with Crippen LogP contribution in [0, 0.1) is 0 Å². The minimum atomic E-state index is 0.358. The molecule has 1 aliphatic heterocycles. The van der Waals surface area contributed by atoms with E-state index >= 15 is 0 Å². The van der Waals surface area contributed by atoms with Crippen LogP contribution in [0.2, 0.25) is 5.02 Å². The lowest BCUT2D eigenvalue weighted by Crippen LogP contribution is -2.45. The number of hydrogen-bond donors (Lipinski definition) is 1. The van der Waals surface area contributed by atoms with Crippen LogP contribution in [0.15, 0.2) is 54.4 Å². The maximum absolute atomic E-state index is 6.19. The highest BCUT2D eigenvalue weighted by Gasteiger charge is 2.24. The van der Waals surface area contributed by atoms with Gasteiger partial charge >= 0.3 is 0 Å². The van der Waals surface area contributed by atoms with Gasteiger partial charge < -0.3 is 9.88 Å². The van der Waals surface area contributed by atoms with Crippen molar-refractivity contribution in [2.24, 2.45) is 0 Å². The number of hydrogen-bond acceptors (Lipinski definition) is 4. The van der Waals surface area contributed by atoms with Gasteiger partial charge in [0, 0.05) is 59.9 Å². The van der Waals surface area contributed by atoms with Crippen molar-refractivity contribution in [3.63, 3.8) is 0 Å². The molecule has 2 aromatic heterocycles. The highest BCUT2D eigenvalue weighted by Crippen LogP contribution is 2.28. The van der Waals surface area contributed by atoms with Crippen LogP contribution >= 0.6 is 22.9 Å². The molecule has 4 nitrogen and oxygen atoms in total. The minimum Gasteiger partial charge on any atom is -0.314 e. The zero-order valence-electron chi connectivity index (χ0n) is 13.2. The smallest absolute Gasteiger partial charge is 0.0991 e. The van der Waals surface area contributed by atoms with Crippen molar-refractivity contribution < 1.29 is 0 Å². The summed E-state index contributed by atoms with van der Waals surface area (Å²) in [6, 6.07) is 10.8. The Hall–Kier alpha value is -1.66. The van der Waals surface area contributed by atoms with Gasteiger partial charge in [-0.3, -0.25) is 4.90 Å². The third kappa shape index (κ3) is 3.39. The predicted octanol–water partition coefficient (Wildman–Crippen LogP) is 3.73. The average molecular weight is 359 g/mol. The molecule has 3 heterocycles. The Morgan fingerprint density at radius 3 is 3.12 bits per heavy atom. The van der Waals surface area contributed by atoms with Crippen molar-refractivity contribution in [2.75, 3.05) is 19.6 Å². The highest BCUT2D eigenvalue weighted by molar-refractivity contribution is 7.10. The first-order chi connectivity index (χ1) is 11.8. The molecule has 0 spiro atoms.